The molecule has 4 aliphatic rings. The number of methoxy groups -OCH3 is 1. The van der Waals surface area contributed by atoms with Crippen molar-refractivity contribution in [2.45, 2.75) is 63.9 Å². The number of carbonyl (C=O) groups excluding carboxylic acids is 2. The molecule has 1 saturated carbocycles. The quantitative estimate of drug-likeness (QED) is 0.234. The minimum absolute atomic E-state index is 0.00896. The van der Waals surface area contributed by atoms with E-state index in [-0.39, 0.29) is 23.2 Å². The van der Waals surface area contributed by atoms with Gasteiger partial charge in [0.2, 0.25) is 0 Å². The van der Waals surface area contributed by atoms with Crippen LogP contribution in [-0.4, -0.2) is 64.1 Å². The van der Waals surface area contributed by atoms with Gasteiger partial charge in [0.1, 0.15) is 15.7 Å². The highest BCUT2D eigenvalue weighted by Crippen LogP contribution is 2.47. The van der Waals surface area contributed by atoms with Crippen LogP contribution in [0.2, 0.25) is 0 Å². The fraction of sp³-hybridized carbons (Fsp3) is 0.439. The second-order valence-electron chi connectivity index (χ2n) is 15.4. The number of aryl methyl sites for hydroxylation is 2. The summed E-state index contributed by atoms with van der Waals surface area (Å²) in [5.41, 5.74) is 6.05. The highest BCUT2D eigenvalue weighted by molar-refractivity contribution is 7.92. The van der Waals surface area contributed by atoms with Gasteiger partial charge < -0.3 is 18.8 Å². The fourth-order valence-electron chi connectivity index (χ4n) is 8.81. The van der Waals surface area contributed by atoms with Crippen molar-refractivity contribution in [1.82, 2.24) is 14.1 Å². The molecule has 1 unspecified atom stereocenters. The predicted octanol–water partition coefficient (Wildman–Crippen LogP) is 6.71. The van der Waals surface area contributed by atoms with Gasteiger partial charge in [-0.2, -0.15) is 0 Å². The minimum atomic E-state index is -3.54. The molecule has 52 heavy (non-hydrogen) atoms. The molecule has 8 rings (SSSR count). The lowest BCUT2D eigenvalue weighted by molar-refractivity contribution is 0.0131. The first-order chi connectivity index (χ1) is 25.1. The van der Waals surface area contributed by atoms with Crippen molar-refractivity contribution in [3.63, 3.8) is 0 Å². The summed E-state index contributed by atoms with van der Waals surface area (Å²) in [7, 11) is -1.76. The first-order valence-corrected chi connectivity index (χ1v) is 20.1. The summed E-state index contributed by atoms with van der Waals surface area (Å²) < 4.78 is 36.1. The van der Waals surface area contributed by atoms with Crippen LogP contribution in [0.4, 0.5) is 5.69 Å². The van der Waals surface area contributed by atoms with Gasteiger partial charge in [-0.15, -0.1) is 4.36 Å². The number of allylic oxidation sites excluding steroid dienone is 1. The minimum Gasteiger partial charge on any atom is -0.490 e. The molecule has 2 aromatic carbocycles. The van der Waals surface area contributed by atoms with Crippen LogP contribution in [0.5, 0.6) is 5.75 Å². The van der Waals surface area contributed by atoms with E-state index in [1.165, 1.54) is 16.7 Å². The Morgan fingerprint density at radius 3 is 2.83 bits per heavy atom. The van der Waals surface area contributed by atoms with Crippen LogP contribution in [0, 0.1) is 24.7 Å². The number of hydrogen-bond acceptors (Lipinski definition) is 7. The summed E-state index contributed by atoms with van der Waals surface area (Å²) in [6, 6.07) is 15.7. The summed E-state index contributed by atoms with van der Waals surface area (Å²) in [6.07, 6.45) is 15.0. The van der Waals surface area contributed by atoms with Crippen molar-refractivity contribution in [3.05, 3.63) is 107 Å². The van der Waals surface area contributed by atoms with Crippen molar-refractivity contribution >= 4 is 32.9 Å². The van der Waals surface area contributed by atoms with E-state index in [2.05, 4.69) is 56.2 Å². The number of ether oxygens (including phenoxy) is 2. The normalized spacial score (nSPS) is 29.5. The largest absolute Gasteiger partial charge is 0.490 e. The molecule has 1 N–H and O–H groups in total. The average molecular weight is 722 g/mol. The molecule has 11 heteroatoms. The first kappa shape index (κ1) is 34.6. The molecule has 272 valence electrons. The van der Waals surface area contributed by atoms with Crippen LogP contribution in [0.1, 0.15) is 76.4 Å². The Hall–Kier alpha value is -4.48. The van der Waals surface area contributed by atoms with Gasteiger partial charge in [-0.25, -0.2) is 9.19 Å². The molecule has 10 nitrogen and oxygen atoms in total. The SMILES string of the molecule is CO[C@H]1/C=C/C[C@H](C)CS(=O)(NC(=O)c2cc3ccncn3c2)=NC(=O)c2ccc3c(c2)N(C[C@@H]2CC[C@H]21)C[C@@]1(CCCc2cc(C)ccc21)CO3. The molecule has 2 aromatic heterocycles. The molecule has 1 fully saturated rings. The van der Waals surface area contributed by atoms with E-state index in [0.717, 1.165) is 62.1 Å². The van der Waals surface area contributed by atoms with Crippen molar-refractivity contribution < 1.29 is 23.3 Å². The maximum atomic E-state index is 14.6. The third kappa shape index (κ3) is 6.65. The van der Waals surface area contributed by atoms with E-state index in [1.54, 1.807) is 48.4 Å². The second-order valence-corrected chi connectivity index (χ2v) is 17.4. The highest BCUT2D eigenvalue weighted by Gasteiger charge is 2.44. The van der Waals surface area contributed by atoms with Crippen LogP contribution in [0.25, 0.3) is 5.52 Å². The summed E-state index contributed by atoms with van der Waals surface area (Å²) in [5.74, 6) is 0.157. The zero-order valence-electron chi connectivity index (χ0n) is 30.1. The number of nitrogens with one attached hydrogen (secondary N) is 1. The summed E-state index contributed by atoms with van der Waals surface area (Å²) in [5, 5.41) is 0. The topological polar surface area (TPSA) is 115 Å². The van der Waals surface area contributed by atoms with E-state index in [9.17, 15) is 13.8 Å². The number of fused-ring (bicyclic) bond motifs is 5. The van der Waals surface area contributed by atoms with Crippen molar-refractivity contribution in [3.8, 4) is 5.75 Å². The van der Waals surface area contributed by atoms with Crippen molar-refractivity contribution in [2.75, 3.05) is 37.5 Å². The maximum Gasteiger partial charge on any atom is 0.286 e. The lowest BCUT2D eigenvalue weighted by atomic mass is 9.68. The molecule has 0 saturated heterocycles. The average Bonchev–Trinajstić information content (AvgIpc) is 3.49. The molecule has 2 bridgehead atoms. The van der Waals surface area contributed by atoms with Crippen LogP contribution >= 0.6 is 0 Å². The molecule has 4 aromatic rings. The Morgan fingerprint density at radius 1 is 1.13 bits per heavy atom. The maximum absolute atomic E-state index is 14.6. The summed E-state index contributed by atoms with van der Waals surface area (Å²) in [6.45, 7) is 6.22. The smallest absolute Gasteiger partial charge is 0.286 e. The Kier molecular flexibility index (Phi) is 9.19. The third-order valence-corrected chi connectivity index (χ3v) is 13.6. The molecule has 2 amide bonds. The van der Waals surface area contributed by atoms with E-state index in [1.807, 2.05) is 19.1 Å². The number of amides is 2. The molecule has 2 aliphatic carbocycles. The molecule has 4 heterocycles. The third-order valence-electron chi connectivity index (χ3n) is 11.6. The van der Waals surface area contributed by atoms with E-state index >= 15 is 0 Å². The van der Waals surface area contributed by atoms with Crippen LogP contribution in [0.15, 0.2) is 83.8 Å². The first-order valence-electron chi connectivity index (χ1n) is 18.5. The lowest BCUT2D eigenvalue weighted by Crippen LogP contribution is -2.49. The van der Waals surface area contributed by atoms with Gasteiger partial charge in [-0.05, 0) is 105 Å². The van der Waals surface area contributed by atoms with Crippen molar-refractivity contribution in [1.29, 1.82) is 0 Å². The number of rotatable bonds is 3. The van der Waals surface area contributed by atoms with Gasteiger partial charge in [0.05, 0.1) is 36.0 Å². The molecule has 0 radical (unpaired) electrons. The second kappa shape index (κ2) is 13.8. The van der Waals surface area contributed by atoms with E-state index in [4.69, 9.17) is 9.47 Å². The summed E-state index contributed by atoms with van der Waals surface area (Å²) >= 11 is 0. The van der Waals surface area contributed by atoms with Gasteiger partial charge in [0.15, 0.2) is 0 Å². The number of aromatic nitrogens is 2. The van der Waals surface area contributed by atoms with Gasteiger partial charge in [0.25, 0.3) is 11.8 Å². The zero-order valence-corrected chi connectivity index (χ0v) is 30.9. The Labute approximate surface area is 305 Å². The molecular weight excluding hydrogens is 675 g/mol. The highest BCUT2D eigenvalue weighted by atomic mass is 32.2. The Balaban J connectivity index is 1.19. The van der Waals surface area contributed by atoms with Crippen LogP contribution in [-0.2, 0) is 26.5 Å². The Bertz CT molecular complexity index is 2150. The van der Waals surface area contributed by atoms with Crippen LogP contribution in [0.3, 0.4) is 0 Å². The van der Waals surface area contributed by atoms with E-state index < -0.39 is 21.7 Å². The Morgan fingerprint density at radius 2 is 2.02 bits per heavy atom. The van der Waals surface area contributed by atoms with Crippen molar-refractivity contribution in [2.24, 2.45) is 22.1 Å². The monoisotopic (exact) mass is 721 g/mol. The fourth-order valence-corrected chi connectivity index (χ4v) is 10.7. The number of benzene rings is 2. The van der Waals surface area contributed by atoms with Gasteiger partial charge in [-0.3, -0.25) is 14.3 Å². The van der Waals surface area contributed by atoms with Gasteiger partial charge >= 0.3 is 0 Å². The lowest BCUT2D eigenvalue weighted by Gasteiger charge is -2.46. The number of carbonyl (C=O) groups is 2. The standard InChI is InChI=1S/C41H47N5O5S/c1-27-9-13-35-29(18-27)7-5-16-41(35)24-45-21-31-10-12-34(31)37(50-3)8-4-6-28(2)23-52(49,43-39(47)30-11-14-38(51-25-41)36(45)20-30)44-40(48)32-19-33-15-17-42-26-46(33)22-32/h4,8-9,11,13-15,17-20,22,26,28,31,34,37H,5-7,10,12,16,21,23-25H2,1-3H3,(H,43,44,47,48,49)/b8-4+/t28-,31-,34+,37-,41-,52?/m0/s1. The zero-order chi connectivity index (χ0) is 36.0. The molecule has 1 spiro atoms. The number of anilines is 1. The van der Waals surface area contributed by atoms with E-state index in [0.29, 0.717) is 36.0 Å². The predicted molar refractivity (Wildman–Crippen MR) is 202 cm³/mol. The number of hydrogen-bond donors (Lipinski definition) is 1. The molecule has 6 atom stereocenters. The van der Waals surface area contributed by atoms with Gasteiger partial charge in [-0.1, -0.05) is 42.8 Å². The summed E-state index contributed by atoms with van der Waals surface area (Å²) in [4.78, 5) is 34.2. The molecule has 2 aliphatic heterocycles. The molecular formula is C41H47N5O5S. The van der Waals surface area contributed by atoms with Gasteiger partial charge in [0, 0.05) is 49.1 Å². The number of nitrogens with zero attached hydrogens (tertiary/aromatic N) is 4. The van der Waals surface area contributed by atoms with Crippen LogP contribution < -0.4 is 14.4 Å².